The summed E-state index contributed by atoms with van der Waals surface area (Å²) in [7, 11) is 0. The quantitative estimate of drug-likeness (QED) is 0.394. The van der Waals surface area contributed by atoms with Crippen molar-refractivity contribution in [2.24, 2.45) is 9.98 Å². The van der Waals surface area contributed by atoms with Crippen molar-refractivity contribution in [1.82, 2.24) is 0 Å². The molecule has 0 bridgehead atoms. The van der Waals surface area contributed by atoms with Gasteiger partial charge in [-0.2, -0.15) is 0 Å². The van der Waals surface area contributed by atoms with Gasteiger partial charge in [0.1, 0.15) is 6.29 Å². The molecule has 0 radical (unpaired) electrons. The fourth-order valence-corrected chi connectivity index (χ4v) is 2.93. The standard InChI is InChI=1S/C16H17N3OS/c1-11(21)8-18-15(17-2)19-10-16(5-6-16)13-4-3-12(9-20)7-14(13)19/h3-4,7-9,21H,2,5-6,10H2,1H3/b11-8+,18-15?. The zero-order valence-electron chi connectivity index (χ0n) is 11.9. The molecular formula is C16H17N3OS. The van der Waals surface area contributed by atoms with Gasteiger partial charge in [-0.15, -0.1) is 12.6 Å². The van der Waals surface area contributed by atoms with Crippen molar-refractivity contribution in [2.75, 3.05) is 11.4 Å². The number of hydrogen-bond acceptors (Lipinski definition) is 3. The van der Waals surface area contributed by atoms with Crippen LogP contribution in [0.15, 0.2) is 39.3 Å². The Bertz CT molecular complexity index is 670. The van der Waals surface area contributed by atoms with E-state index in [4.69, 9.17) is 0 Å². The van der Waals surface area contributed by atoms with Crippen molar-refractivity contribution in [2.45, 2.75) is 25.2 Å². The van der Waals surface area contributed by atoms with Crippen molar-refractivity contribution < 1.29 is 4.79 Å². The van der Waals surface area contributed by atoms with Gasteiger partial charge in [-0.1, -0.05) is 12.1 Å². The van der Waals surface area contributed by atoms with E-state index in [2.05, 4.69) is 40.3 Å². The molecule has 1 aliphatic carbocycles. The number of guanidine groups is 1. The number of benzene rings is 1. The van der Waals surface area contributed by atoms with Gasteiger partial charge >= 0.3 is 0 Å². The topological polar surface area (TPSA) is 45.0 Å². The van der Waals surface area contributed by atoms with Gasteiger partial charge in [0.25, 0.3) is 0 Å². The van der Waals surface area contributed by atoms with E-state index in [1.165, 1.54) is 18.4 Å². The number of carbonyl (C=O) groups excluding carboxylic acids is 1. The van der Waals surface area contributed by atoms with Crippen LogP contribution < -0.4 is 4.90 Å². The van der Waals surface area contributed by atoms with Crippen LogP contribution in [0.2, 0.25) is 0 Å². The van der Waals surface area contributed by atoms with Gasteiger partial charge in [-0.05, 0) is 43.0 Å². The molecule has 0 amide bonds. The Kier molecular flexibility index (Phi) is 3.45. The zero-order chi connectivity index (χ0) is 15.0. The Morgan fingerprint density at radius 3 is 2.81 bits per heavy atom. The van der Waals surface area contributed by atoms with Crippen molar-refractivity contribution >= 4 is 37.3 Å². The van der Waals surface area contributed by atoms with Gasteiger partial charge in [-0.3, -0.25) is 4.79 Å². The van der Waals surface area contributed by atoms with E-state index < -0.39 is 0 Å². The first kappa shape index (κ1) is 14.1. The number of aliphatic imine (C=N–C) groups is 2. The summed E-state index contributed by atoms with van der Waals surface area (Å²) in [6.45, 7) is 6.33. The molecule has 0 atom stereocenters. The monoisotopic (exact) mass is 299 g/mol. The second-order valence-corrected chi connectivity index (χ2v) is 6.32. The third-order valence-corrected chi connectivity index (χ3v) is 4.20. The maximum atomic E-state index is 11.0. The highest BCUT2D eigenvalue weighted by Gasteiger charge is 2.52. The second kappa shape index (κ2) is 5.15. The molecule has 2 aliphatic rings. The summed E-state index contributed by atoms with van der Waals surface area (Å²) >= 11 is 4.21. The van der Waals surface area contributed by atoms with Crippen molar-refractivity contribution in [3.63, 3.8) is 0 Å². The van der Waals surface area contributed by atoms with Crippen molar-refractivity contribution in [3.8, 4) is 0 Å². The lowest BCUT2D eigenvalue weighted by molar-refractivity contribution is 0.112. The van der Waals surface area contributed by atoms with Crippen LogP contribution in [-0.2, 0) is 5.41 Å². The highest BCUT2D eigenvalue weighted by Crippen LogP contribution is 2.56. The molecule has 0 aromatic heterocycles. The molecule has 1 saturated carbocycles. The molecule has 3 rings (SSSR count). The van der Waals surface area contributed by atoms with Crippen LogP contribution in [0, 0.1) is 0 Å². The largest absolute Gasteiger partial charge is 0.309 e. The first-order valence-corrected chi connectivity index (χ1v) is 7.32. The lowest BCUT2D eigenvalue weighted by Gasteiger charge is -2.18. The van der Waals surface area contributed by atoms with Crippen molar-refractivity contribution in [3.05, 3.63) is 40.4 Å². The lowest BCUT2D eigenvalue weighted by atomic mass is 9.98. The second-order valence-electron chi connectivity index (χ2n) is 5.62. The number of nitrogens with zero attached hydrogens (tertiary/aromatic N) is 3. The molecule has 1 aliphatic heterocycles. The van der Waals surface area contributed by atoms with Gasteiger partial charge in [0, 0.05) is 29.4 Å². The third-order valence-electron chi connectivity index (χ3n) is 4.08. The molecule has 5 heteroatoms. The molecular weight excluding hydrogens is 282 g/mol. The van der Waals surface area contributed by atoms with E-state index in [-0.39, 0.29) is 5.41 Å². The molecule has 1 heterocycles. The number of allylic oxidation sites excluding steroid dienone is 1. The number of aldehydes is 1. The maximum Gasteiger partial charge on any atom is 0.229 e. The maximum absolute atomic E-state index is 11.0. The summed E-state index contributed by atoms with van der Waals surface area (Å²) in [5, 5.41) is 0. The van der Waals surface area contributed by atoms with E-state index in [9.17, 15) is 4.79 Å². The first-order valence-electron chi connectivity index (χ1n) is 6.87. The molecule has 1 aromatic carbocycles. The molecule has 21 heavy (non-hydrogen) atoms. The highest BCUT2D eigenvalue weighted by molar-refractivity contribution is 7.84. The Balaban J connectivity index is 2.06. The highest BCUT2D eigenvalue weighted by atomic mass is 32.1. The number of thiol groups is 1. The average Bonchev–Trinajstić information content (AvgIpc) is 3.19. The Morgan fingerprint density at radius 2 is 2.24 bits per heavy atom. The lowest BCUT2D eigenvalue weighted by Crippen LogP contribution is -2.30. The predicted octanol–water partition coefficient (Wildman–Crippen LogP) is 3.20. The predicted molar refractivity (Wildman–Crippen MR) is 89.8 cm³/mol. The molecule has 108 valence electrons. The summed E-state index contributed by atoms with van der Waals surface area (Å²) in [5.74, 6) is 0.552. The van der Waals surface area contributed by atoms with E-state index >= 15 is 0 Å². The summed E-state index contributed by atoms with van der Waals surface area (Å²) in [6, 6.07) is 5.85. The van der Waals surface area contributed by atoms with Crippen molar-refractivity contribution in [1.29, 1.82) is 0 Å². The van der Waals surface area contributed by atoms with Crippen LogP contribution in [-0.4, -0.2) is 25.5 Å². The van der Waals surface area contributed by atoms with Gasteiger partial charge in [0.15, 0.2) is 0 Å². The number of anilines is 1. The number of fused-ring (bicyclic) bond motifs is 2. The van der Waals surface area contributed by atoms with E-state index in [1.807, 2.05) is 19.1 Å². The molecule has 0 saturated heterocycles. The Morgan fingerprint density at radius 1 is 1.48 bits per heavy atom. The van der Waals surface area contributed by atoms with Gasteiger partial charge in [0.2, 0.25) is 5.96 Å². The van der Waals surface area contributed by atoms with Crippen LogP contribution in [0.25, 0.3) is 0 Å². The number of hydrogen-bond donors (Lipinski definition) is 1. The molecule has 0 unspecified atom stereocenters. The van der Waals surface area contributed by atoms with Crippen LogP contribution in [0.1, 0.15) is 35.7 Å². The number of carbonyl (C=O) groups is 1. The third kappa shape index (κ3) is 2.42. The Labute approximate surface area is 129 Å². The Hall–Kier alpha value is -1.88. The summed E-state index contributed by atoms with van der Waals surface area (Å²) in [6.07, 6.45) is 4.87. The molecule has 1 fully saturated rings. The molecule has 4 nitrogen and oxygen atoms in total. The van der Waals surface area contributed by atoms with E-state index in [0.717, 1.165) is 23.4 Å². The molecule has 1 aromatic rings. The average molecular weight is 299 g/mol. The SMILES string of the molecule is C=NC(=N/C=C(\C)S)N1CC2(CC2)c2ccc(C=O)cc21. The van der Waals surface area contributed by atoms with Gasteiger partial charge < -0.3 is 4.90 Å². The first-order chi connectivity index (χ1) is 10.1. The minimum Gasteiger partial charge on any atom is -0.309 e. The molecule has 0 N–H and O–H groups in total. The minimum absolute atomic E-state index is 0.210. The van der Waals surface area contributed by atoms with Crippen LogP contribution >= 0.6 is 12.6 Å². The normalized spacial score (nSPS) is 19.6. The fraction of sp³-hybridized carbons (Fsp3) is 0.312. The summed E-state index contributed by atoms with van der Waals surface area (Å²) in [5.41, 5.74) is 3.19. The fourth-order valence-electron chi connectivity index (χ4n) is 2.87. The van der Waals surface area contributed by atoms with E-state index in [0.29, 0.717) is 11.5 Å². The zero-order valence-corrected chi connectivity index (χ0v) is 12.8. The summed E-state index contributed by atoms with van der Waals surface area (Å²) in [4.78, 5) is 22.3. The number of rotatable bonds is 2. The van der Waals surface area contributed by atoms with Gasteiger partial charge in [0.05, 0.1) is 0 Å². The minimum atomic E-state index is 0.210. The van der Waals surface area contributed by atoms with Gasteiger partial charge in [-0.25, -0.2) is 9.98 Å². The molecule has 1 spiro atoms. The van der Waals surface area contributed by atoms with Crippen LogP contribution in [0.4, 0.5) is 5.69 Å². The van der Waals surface area contributed by atoms with Crippen LogP contribution in [0.5, 0.6) is 0 Å². The van der Waals surface area contributed by atoms with Crippen LogP contribution in [0.3, 0.4) is 0 Å². The smallest absolute Gasteiger partial charge is 0.229 e. The summed E-state index contributed by atoms with van der Waals surface area (Å²) < 4.78 is 0. The van der Waals surface area contributed by atoms with E-state index in [1.54, 1.807) is 6.20 Å².